The van der Waals surface area contributed by atoms with Gasteiger partial charge < -0.3 is 10.6 Å². The number of hydrogen-bond acceptors (Lipinski definition) is 2. The van der Waals surface area contributed by atoms with E-state index >= 15 is 0 Å². The number of nitrogens with two attached hydrogens (primary N) is 1. The Hall–Kier alpha value is -1.32. The number of benzene rings is 1. The summed E-state index contributed by atoms with van der Waals surface area (Å²) < 4.78 is 0. The standard InChI is InChI=1S/C13H17ClN2O/c1-2-4-13(17)16(8-7-15)10-11-5-3-6-12(14)9-11/h2-3,5-6,9H,1,4,7-8,10,15H2. The van der Waals surface area contributed by atoms with Gasteiger partial charge in [0.15, 0.2) is 0 Å². The van der Waals surface area contributed by atoms with Gasteiger partial charge in [0.25, 0.3) is 0 Å². The Kier molecular flexibility index (Phi) is 5.73. The number of carbonyl (C=O) groups is 1. The van der Waals surface area contributed by atoms with Crippen LogP contribution in [0.4, 0.5) is 0 Å². The minimum absolute atomic E-state index is 0.0328. The SMILES string of the molecule is C=CCC(=O)N(CCN)Cc1cccc(Cl)c1. The number of rotatable bonds is 6. The topological polar surface area (TPSA) is 46.3 Å². The minimum Gasteiger partial charge on any atom is -0.337 e. The van der Waals surface area contributed by atoms with Crippen molar-refractivity contribution in [2.45, 2.75) is 13.0 Å². The van der Waals surface area contributed by atoms with Crippen molar-refractivity contribution >= 4 is 17.5 Å². The van der Waals surface area contributed by atoms with E-state index in [2.05, 4.69) is 6.58 Å². The van der Waals surface area contributed by atoms with Crippen molar-refractivity contribution in [3.05, 3.63) is 47.5 Å². The van der Waals surface area contributed by atoms with Gasteiger partial charge in [-0.3, -0.25) is 4.79 Å². The summed E-state index contributed by atoms with van der Waals surface area (Å²) in [5.74, 6) is 0.0328. The molecule has 0 fully saturated rings. The molecule has 0 aromatic heterocycles. The second-order valence-electron chi connectivity index (χ2n) is 3.73. The highest BCUT2D eigenvalue weighted by Crippen LogP contribution is 2.13. The van der Waals surface area contributed by atoms with E-state index in [1.807, 2.05) is 24.3 Å². The highest BCUT2D eigenvalue weighted by atomic mass is 35.5. The molecule has 0 saturated carbocycles. The number of hydrogen-bond donors (Lipinski definition) is 1. The molecule has 0 aliphatic rings. The molecule has 1 amide bonds. The third-order valence-corrected chi connectivity index (χ3v) is 2.57. The van der Waals surface area contributed by atoms with E-state index in [0.717, 1.165) is 5.56 Å². The highest BCUT2D eigenvalue weighted by molar-refractivity contribution is 6.30. The lowest BCUT2D eigenvalue weighted by atomic mass is 10.2. The maximum absolute atomic E-state index is 11.8. The van der Waals surface area contributed by atoms with Crippen molar-refractivity contribution in [3.63, 3.8) is 0 Å². The maximum Gasteiger partial charge on any atom is 0.226 e. The molecule has 0 unspecified atom stereocenters. The van der Waals surface area contributed by atoms with Crippen LogP contribution in [0, 0.1) is 0 Å². The summed E-state index contributed by atoms with van der Waals surface area (Å²) in [6.07, 6.45) is 1.93. The Morgan fingerprint density at radius 1 is 1.53 bits per heavy atom. The van der Waals surface area contributed by atoms with Crippen LogP contribution in [0.15, 0.2) is 36.9 Å². The Bertz CT molecular complexity index is 393. The fraction of sp³-hybridized carbons (Fsp3) is 0.308. The number of halogens is 1. The first-order valence-electron chi connectivity index (χ1n) is 5.50. The summed E-state index contributed by atoms with van der Waals surface area (Å²) in [4.78, 5) is 13.5. The molecule has 0 radical (unpaired) electrons. The summed E-state index contributed by atoms with van der Waals surface area (Å²) >= 11 is 5.90. The van der Waals surface area contributed by atoms with Crippen molar-refractivity contribution in [2.24, 2.45) is 5.73 Å². The zero-order valence-corrected chi connectivity index (χ0v) is 10.5. The monoisotopic (exact) mass is 252 g/mol. The molecule has 3 nitrogen and oxygen atoms in total. The van der Waals surface area contributed by atoms with Crippen LogP contribution >= 0.6 is 11.6 Å². The molecule has 0 spiro atoms. The van der Waals surface area contributed by atoms with E-state index < -0.39 is 0 Å². The van der Waals surface area contributed by atoms with E-state index in [0.29, 0.717) is 31.1 Å². The summed E-state index contributed by atoms with van der Waals surface area (Å²) in [5.41, 5.74) is 6.50. The van der Waals surface area contributed by atoms with E-state index in [1.54, 1.807) is 11.0 Å². The molecule has 1 rings (SSSR count). The molecule has 0 bridgehead atoms. The van der Waals surface area contributed by atoms with Gasteiger partial charge in [-0.25, -0.2) is 0 Å². The van der Waals surface area contributed by atoms with Crippen LogP contribution in [0.2, 0.25) is 5.02 Å². The van der Waals surface area contributed by atoms with Gasteiger partial charge in [0, 0.05) is 31.1 Å². The predicted octanol–water partition coefficient (Wildman–Crippen LogP) is 2.20. The molecule has 1 aromatic carbocycles. The van der Waals surface area contributed by atoms with E-state index in [1.165, 1.54) is 0 Å². The molecular formula is C13H17ClN2O. The van der Waals surface area contributed by atoms with Crippen molar-refractivity contribution < 1.29 is 4.79 Å². The Morgan fingerprint density at radius 3 is 2.88 bits per heavy atom. The van der Waals surface area contributed by atoms with Crippen LogP contribution in [0.3, 0.4) is 0 Å². The smallest absolute Gasteiger partial charge is 0.226 e. The second kappa shape index (κ2) is 7.09. The molecule has 1 aromatic rings. The molecule has 0 saturated heterocycles. The van der Waals surface area contributed by atoms with Gasteiger partial charge in [0.05, 0.1) is 0 Å². The van der Waals surface area contributed by atoms with E-state index in [4.69, 9.17) is 17.3 Å². The molecule has 0 aliphatic carbocycles. The van der Waals surface area contributed by atoms with Crippen LogP contribution in [-0.2, 0) is 11.3 Å². The molecule has 0 atom stereocenters. The van der Waals surface area contributed by atoms with Crippen molar-refractivity contribution in [1.29, 1.82) is 0 Å². The van der Waals surface area contributed by atoms with Crippen LogP contribution in [0.25, 0.3) is 0 Å². The molecule has 92 valence electrons. The minimum atomic E-state index is 0.0328. The van der Waals surface area contributed by atoms with Gasteiger partial charge in [-0.1, -0.05) is 29.8 Å². The number of carbonyl (C=O) groups excluding carboxylic acids is 1. The van der Waals surface area contributed by atoms with Gasteiger partial charge in [0.2, 0.25) is 5.91 Å². The number of amides is 1. The summed E-state index contributed by atoms with van der Waals surface area (Å²) in [6, 6.07) is 7.48. The van der Waals surface area contributed by atoms with Crippen molar-refractivity contribution in [3.8, 4) is 0 Å². The van der Waals surface area contributed by atoms with Gasteiger partial charge in [-0.2, -0.15) is 0 Å². The Labute approximate surface area is 107 Å². The largest absolute Gasteiger partial charge is 0.337 e. The van der Waals surface area contributed by atoms with Crippen LogP contribution in [-0.4, -0.2) is 23.9 Å². The summed E-state index contributed by atoms with van der Waals surface area (Å²) in [5, 5.41) is 0.673. The highest BCUT2D eigenvalue weighted by Gasteiger charge is 2.11. The van der Waals surface area contributed by atoms with Gasteiger partial charge in [-0.15, -0.1) is 6.58 Å². The van der Waals surface area contributed by atoms with Gasteiger partial charge in [0.1, 0.15) is 0 Å². The summed E-state index contributed by atoms with van der Waals surface area (Å²) in [6.45, 7) is 5.09. The lowest BCUT2D eigenvalue weighted by molar-refractivity contribution is -0.130. The molecule has 17 heavy (non-hydrogen) atoms. The third kappa shape index (κ3) is 4.59. The molecule has 0 heterocycles. The molecular weight excluding hydrogens is 236 g/mol. The lowest BCUT2D eigenvalue weighted by Gasteiger charge is -2.21. The second-order valence-corrected chi connectivity index (χ2v) is 4.16. The first-order chi connectivity index (χ1) is 8.17. The van der Waals surface area contributed by atoms with Crippen molar-refractivity contribution in [1.82, 2.24) is 4.90 Å². The lowest BCUT2D eigenvalue weighted by Crippen LogP contribution is -2.34. The van der Waals surface area contributed by atoms with Gasteiger partial charge in [-0.05, 0) is 17.7 Å². The predicted molar refractivity (Wildman–Crippen MR) is 70.7 cm³/mol. The fourth-order valence-corrected chi connectivity index (χ4v) is 1.77. The maximum atomic E-state index is 11.8. The van der Waals surface area contributed by atoms with Crippen LogP contribution in [0.1, 0.15) is 12.0 Å². The van der Waals surface area contributed by atoms with Crippen LogP contribution in [0.5, 0.6) is 0 Å². The quantitative estimate of drug-likeness (QED) is 0.789. The van der Waals surface area contributed by atoms with Crippen molar-refractivity contribution in [2.75, 3.05) is 13.1 Å². The molecule has 2 N–H and O–H groups in total. The third-order valence-electron chi connectivity index (χ3n) is 2.33. The van der Waals surface area contributed by atoms with E-state index in [9.17, 15) is 4.79 Å². The van der Waals surface area contributed by atoms with Gasteiger partial charge >= 0.3 is 0 Å². The number of nitrogens with zero attached hydrogens (tertiary/aromatic N) is 1. The normalized spacial score (nSPS) is 10.0. The Morgan fingerprint density at radius 2 is 2.29 bits per heavy atom. The zero-order valence-electron chi connectivity index (χ0n) is 9.73. The average Bonchev–Trinajstić information content (AvgIpc) is 2.29. The molecule has 0 aliphatic heterocycles. The average molecular weight is 253 g/mol. The molecule has 4 heteroatoms. The van der Waals surface area contributed by atoms with E-state index in [-0.39, 0.29) is 5.91 Å². The first-order valence-corrected chi connectivity index (χ1v) is 5.88. The Balaban J connectivity index is 2.72. The first kappa shape index (κ1) is 13.7. The van der Waals surface area contributed by atoms with Crippen LogP contribution < -0.4 is 5.73 Å². The summed E-state index contributed by atoms with van der Waals surface area (Å²) in [7, 11) is 0. The fourth-order valence-electron chi connectivity index (χ4n) is 1.56. The zero-order chi connectivity index (χ0) is 12.7.